The average Bonchev–Trinajstić information content (AvgIpc) is 2.91. The predicted octanol–water partition coefficient (Wildman–Crippen LogP) is 4.00. The molecule has 0 amide bonds. The van der Waals surface area contributed by atoms with Gasteiger partial charge in [0.05, 0.1) is 12.5 Å². The van der Waals surface area contributed by atoms with Gasteiger partial charge >= 0.3 is 0 Å². The van der Waals surface area contributed by atoms with Gasteiger partial charge < -0.3 is 9.73 Å². The molecule has 2 rings (SSSR count). The van der Waals surface area contributed by atoms with Crippen LogP contribution in [0.2, 0.25) is 0 Å². The maximum absolute atomic E-state index is 5.13. The largest absolute Gasteiger partial charge is 0.472 e. The maximum Gasteiger partial charge on any atom is 0.0950 e. The second-order valence-corrected chi connectivity index (χ2v) is 6.38. The minimum Gasteiger partial charge on any atom is -0.472 e. The molecule has 1 N–H and O–H groups in total. The van der Waals surface area contributed by atoms with Crippen LogP contribution in [0, 0.1) is 0 Å². The van der Waals surface area contributed by atoms with Gasteiger partial charge in [0.1, 0.15) is 0 Å². The van der Waals surface area contributed by atoms with Gasteiger partial charge in [-0.05, 0) is 32.1 Å². The highest BCUT2D eigenvalue weighted by atomic mass is 32.2. The van der Waals surface area contributed by atoms with Gasteiger partial charge in [-0.3, -0.25) is 0 Å². The van der Waals surface area contributed by atoms with Crippen molar-refractivity contribution in [3.05, 3.63) is 24.2 Å². The van der Waals surface area contributed by atoms with Gasteiger partial charge in [0.25, 0.3) is 0 Å². The summed E-state index contributed by atoms with van der Waals surface area (Å²) < 4.78 is 5.60. The Hall–Kier alpha value is -0.410. The molecule has 1 aromatic rings. The molecular weight excluding hydrogens is 230 g/mol. The third-order valence-electron chi connectivity index (χ3n) is 3.97. The summed E-state index contributed by atoms with van der Waals surface area (Å²) in [5.41, 5.74) is 1.25. The molecule has 1 aliphatic carbocycles. The molecule has 1 saturated carbocycles. The van der Waals surface area contributed by atoms with Crippen LogP contribution in [0.5, 0.6) is 0 Å². The number of hydrogen-bond donors (Lipinski definition) is 1. The summed E-state index contributed by atoms with van der Waals surface area (Å²) in [7, 11) is 0. The average molecular weight is 253 g/mol. The number of hydrogen-bond acceptors (Lipinski definition) is 3. The molecule has 2 nitrogen and oxygen atoms in total. The molecule has 0 spiro atoms. The van der Waals surface area contributed by atoms with Crippen LogP contribution < -0.4 is 5.32 Å². The fourth-order valence-electron chi connectivity index (χ4n) is 2.63. The molecule has 0 bridgehead atoms. The van der Waals surface area contributed by atoms with E-state index in [1.165, 1.54) is 37.7 Å². The molecule has 0 radical (unpaired) electrons. The summed E-state index contributed by atoms with van der Waals surface area (Å²) in [4.78, 5) is 0. The second kappa shape index (κ2) is 5.96. The van der Waals surface area contributed by atoms with Gasteiger partial charge in [-0.25, -0.2) is 0 Å². The maximum atomic E-state index is 5.13. The Bertz CT molecular complexity index is 317. The van der Waals surface area contributed by atoms with Crippen molar-refractivity contribution in [2.75, 3.05) is 12.8 Å². The molecule has 96 valence electrons. The molecule has 1 aliphatic rings. The molecule has 1 unspecified atom stereocenters. The lowest BCUT2D eigenvalue weighted by atomic mass is 9.88. The zero-order valence-corrected chi connectivity index (χ0v) is 11.7. The van der Waals surface area contributed by atoms with Crippen molar-refractivity contribution in [3.8, 4) is 0 Å². The normalized spacial score (nSPS) is 21.3. The first-order chi connectivity index (χ1) is 8.26. The Morgan fingerprint density at radius 3 is 2.76 bits per heavy atom. The van der Waals surface area contributed by atoms with Crippen molar-refractivity contribution in [1.82, 2.24) is 5.32 Å². The van der Waals surface area contributed by atoms with E-state index < -0.39 is 0 Å². The van der Waals surface area contributed by atoms with Crippen LogP contribution in [0.4, 0.5) is 0 Å². The van der Waals surface area contributed by atoms with Crippen LogP contribution in [0.15, 0.2) is 23.0 Å². The van der Waals surface area contributed by atoms with Gasteiger partial charge in [0.2, 0.25) is 0 Å². The van der Waals surface area contributed by atoms with Crippen molar-refractivity contribution < 1.29 is 4.42 Å². The summed E-state index contributed by atoms with van der Waals surface area (Å²) in [6.07, 6.45) is 12.8. The SMILES string of the molecule is CSC1(CNC(C)c2ccoc2)CCCCC1. The second-order valence-electron chi connectivity index (χ2n) is 5.11. The Labute approximate surface area is 109 Å². The number of rotatable bonds is 5. The van der Waals surface area contributed by atoms with Gasteiger partial charge in [-0.15, -0.1) is 0 Å². The number of furan rings is 1. The molecule has 1 aromatic heterocycles. The van der Waals surface area contributed by atoms with Crippen LogP contribution in [0.25, 0.3) is 0 Å². The first kappa shape index (κ1) is 13.0. The van der Waals surface area contributed by atoms with Gasteiger partial charge in [0.15, 0.2) is 0 Å². The zero-order chi connectivity index (χ0) is 12.1. The van der Waals surface area contributed by atoms with Crippen LogP contribution in [0.1, 0.15) is 50.6 Å². The highest BCUT2D eigenvalue weighted by Gasteiger charge is 2.31. The van der Waals surface area contributed by atoms with Crippen LogP contribution >= 0.6 is 11.8 Å². The Balaban J connectivity index is 1.87. The van der Waals surface area contributed by atoms with E-state index in [4.69, 9.17) is 4.42 Å². The number of nitrogens with one attached hydrogen (secondary N) is 1. The summed E-state index contributed by atoms with van der Waals surface area (Å²) in [5.74, 6) is 0. The fourth-order valence-corrected chi connectivity index (χ4v) is 3.55. The lowest BCUT2D eigenvalue weighted by Gasteiger charge is -2.36. The quantitative estimate of drug-likeness (QED) is 0.858. The summed E-state index contributed by atoms with van der Waals surface area (Å²) in [6.45, 7) is 3.32. The predicted molar refractivity (Wildman–Crippen MR) is 74.5 cm³/mol. The lowest BCUT2D eigenvalue weighted by Crippen LogP contribution is -2.40. The molecule has 1 heterocycles. The van der Waals surface area contributed by atoms with E-state index in [2.05, 4.69) is 18.5 Å². The monoisotopic (exact) mass is 253 g/mol. The molecule has 3 heteroatoms. The van der Waals surface area contributed by atoms with Gasteiger partial charge in [-0.1, -0.05) is 19.3 Å². The van der Waals surface area contributed by atoms with Crippen molar-refractivity contribution in [3.63, 3.8) is 0 Å². The van der Waals surface area contributed by atoms with Crippen LogP contribution in [0.3, 0.4) is 0 Å². The topological polar surface area (TPSA) is 25.2 Å². The minimum absolute atomic E-state index is 0.389. The molecular formula is C14H23NOS. The Kier molecular flexibility index (Phi) is 4.57. The molecule has 0 saturated heterocycles. The van der Waals surface area contributed by atoms with E-state index in [9.17, 15) is 0 Å². The van der Waals surface area contributed by atoms with Crippen molar-refractivity contribution >= 4 is 11.8 Å². The van der Waals surface area contributed by atoms with E-state index in [0.717, 1.165) is 6.54 Å². The third kappa shape index (κ3) is 3.29. The van der Waals surface area contributed by atoms with E-state index >= 15 is 0 Å². The highest BCUT2D eigenvalue weighted by Crippen LogP contribution is 2.38. The fraction of sp³-hybridized carbons (Fsp3) is 0.714. The van der Waals surface area contributed by atoms with Gasteiger partial charge in [-0.2, -0.15) is 11.8 Å². The first-order valence-electron chi connectivity index (χ1n) is 6.56. The van der Waals surface area contributed by atoms with Gasteiger partial charge in [0, 0.05) is 22.9 Å². The summed E-state index contributed by atoms with van der Waals surface area (Å²) in [5, 5.41) is 3.67. The van der Waals surface area contributed by atoms with Crippen molar-refractivity contribution in [1.29, 1.82) is 0 Å². The van der Waals surface area contributed by atoms with Crippen molar-refractivity contribution in [2.24, 2.45) is 0 Å². The summed E-state index contributed by atoms with van der Waals surface area (Å²) in [6, 6.07) is 2.43. The van der Waals surface area contributed by atoms with E-state index in [0.29, 0.717) is 10.8 Å². The number of thioether (sulfide) groups is 1. The Morgan fingerprint density at radius 2 is 2.18 bits per heavy atom. The first-order valence-corrected chi connectivity index (χ1v) is 7.79. The third-order valence-corrected chi connectivity index (χ3v) is 5.39. The zero-order valence-electron chi connectivity index (χ0n) is 10.9. The lowest BCUT2D eigenvalue weighted by molar-refractivity contribution is 0.367. The van der Waals surface area contributed by atoms with E-state index in [1.807, 2.05) is 24.1 Å². The molecule has 1 atom stereocenters. The van der Waals surface area contributed by atoms with Crippen LogP contribution in [-0.4, -0.2) is 17.5 Å². The summed E-state index contributed by atoms with van der Waals surface area (Å²) >= 11 is 2.05. The van der Waals surface area contributed by atoms with Crippen LogP contribution in [-0.2, 0) is 0 Å². The molecule has 1 fully saturated rings. The van der Waals surface area contributed by atoms with Crippen molar-refractivity contribution in [2.45, 2.75) is 49.8 Å². The smallest absolute Gasteiger partial charge is 0.0950 e. The van der Waals surface area contributed by atoms with E-state index in [1.54, 1.807) is 6.26 Å². The Morgan fingerprint density at radius 1 is 1.41 bits per heavy atom. The highest BCUT2D eigenvalue weighted by molar-refractivity contribution is 8.00. The molecule has 0 aromatic carbocycles. The molecule has 17 heavy (non-hydrogen) atoms. The molecule has 0 aliphatic heterocycles. The van der Waals surface area contributed by atoms with E-state index in [-0.39, 0.29) is 0 Å². The minimum atomic E-state index is 0.389. The standard InChI is InChI=1S/C14H23NOS/c1-12(13-6-9-16-10-13)15-11-14(17-2)7-4-3-5-8-14/h6,9-10,12,15H,3-5,7-8,11H2,1-2H3.